The Kier molecular flexibility index (Phi) is 6.78. The first-order valence-corrected chi connectivity index (χ1v) is 9.20. The maximum Gasteiger partial charge on any atom is 0.376 e. The molecular formula is C20H18ClNO8. The summed E-state index contributed by atoms with van der Waals surface area (Å²) in [5.74, 6) is -4.27. The molecule has 0 radical (unpaired) electrons. The van der Waals surface area contributed by atoms with Crippen molar-refractivity contribution < 1.29 is 39.1 Å². The van der Waals surface area contributed by atoms with E-state index in [4.69, 9.17) is 36.0 Å². The maximum atomic E-state index is 11.2. The van der Waals surface area contributed by atoms with Gasteiger partial charge in [0, 0.05) is 24.2 Å². The SMILES string of the molecule is O=C(O)C1=C(C(=O)O)Oc2cc(OCCNCC(O)c3cccc(Cl)c3)ccc2O1. The van der Waals surface area contributed by atoms with E-state index in [0.717, 1.165) is 0 Å². The first kappa shape index (κ1) is 21.4. The van der Waals surface area contributed by atoms with Crippen molar-refractivity contribution in [1.29, 1.82) is 0 Å². The van der Waals surface area contributed by atoms with Crippen LogP contribution < -0.4 is 19.5 Å². The van der Waals surface area contributed by atoms with E-state index in [0.29, 0.717) is 29.4 Å². The fourth-order valence-electron chi connectivity index (χ4n) is 2.65. The van der Waals surface area contributed by atoms with Gasteiger partial charge < -0.3 is 34.8 Å². The molecule has 0 aromatic heterocycles. The number of aliphatic carboxylic acids is 2. The summed E-state index contributed by atoms with van der Waals surface area (Å²) < 4.78 is 15.8. The van der Waals surface area contributed by atoms with Crippen LogP contribution in [0.4, 0.5) is 0 Å². The molecule has 0 amide bonds. The van der Waals surface area contributed by atoms with Crippen molar-refractivity contribution in [2.45, 2.75) is 6.10 Å². The van der Waals surface area contributed by atoms with Crippen LogP contribution in [0.1, 0.15) is 11.7 Å². The second-order valence-corrected chi connectivity index (χ2v) is 6.64. The zero-order valence-corrected chi connectivity index (χ0v) is 16.3. The van der Waals surface area contributed by atoms with Gasteiger partial charge in [0.2, 0.25) is 0 Å². The number of carboxylic acid groups (broad SMARTS) is 2. The number of rotatable bonds is 9. The highest BCUT2D eigenvalue weighted by molar-refractivity contribution is 6.30. The molecule has 10 heteroatoms. The van der Waals surface area contributed by atoms with E-state index in [9.17, 15) is 14.7 Å². The minimum atomic E-state index is -1.56. The van der Waals surface area contributed by atoms with Crippen molar-refractivity contribution in [3.8, 4) is 17.2 Å². The lowest BCUT2D eigenvalue weighted by molar-refractivity contribution is -0.140. The summed E-state index contributed by atoms with van der Waals surface area (Å²) in [5.41, 5.74) is 0.700. The Bertz CT molecular complexity index is 991. The highest BCUT2D eigenvalue weighted by atomic mass is 35.5. The first-order chi connectivity index (χ1) is 14.3. The van der Waals surface area contributed by atoms with Crippen molar-refractivity contribution >= 4 is 23.5 Å². The molecule has 0 saturated carbocycles. The molecule has 0 spiro atoms. The number of ether oxygens (including phenoxy) is 3. The quantitative estimate of drug-likeness (QED) is 0.437. The molecule has 2 aromatic carbocycles. The normalized spacial score (nSPS) is 13.7. The van der Waals surface area contributed by atoms with E-state index < -0.39 is 29.6 Å². The Hall–Kier alpha value is -3.27. The molecule has 2 aromatic rings. The molecule has 1 heterocycles. The van der Waals surface area contributed by atoms with Crippen LogP contribution >= 0.6 is 11.6 Å². The number of fused-ring (bicyclic) bond motifs is 1. The fourth-order valence-corrected chi connectivity index (χ4v) is 2.85. The Morgan fingerprint density at radius 3 is 2.40 bits per heavy atom. The monoisotopic (exact) mass is 435 g/mol. The van der Waals surface area contributed by atoms with Crippen molar-refractivity contribution in [3.05, 3.63) is 64.6 Å². The standard InChI is InChI=1S/C20H18ClNO8/c21-12-3-1-2-11(8-12)14(23)10-22-6-7-28-13-4-5-15-16(9-13)30-18(20(26)27)17(29-15)19(24)25/h1-5,8-9,14,22-23H,6-7,10H2,(H,24,25)(H,26,27). The molecule has 0 saturated heterocycles. The summed E-state index contributed by atoms with van der Waals surface area (Å²) in [6, 6.07) is 11.3. The minimum Gasteiger partial charge on any atom is -0.492 e. The van der Waals surface area contributed by atoms with Crippen molar-refractivity contribution in [1.82, 2.24) is 5.32 Å². The number of halogens is 1. The smallest absolute Gasteiger partial charge is 0.376 e. The summed E-state index contributed by atoms with van der Waals surface area (Å²) >= 11 is 5.91. The lowest BCUT2D eigenvalue weighted by Gasteiger charge is -2.20. The van der Waals surface area contributed by atoms with Gasteiger partial charge in [-0.25, -0.2) is 9.59 Å². The van der Waals surface area contributed by atoms with Crippen LogP contribution in [0.25, 0.3) is 0 Å². The van der Waals surface area contributed by atoms with Crippen molar-refractivity contribution in [3.63, 3.8) is 0 Å². The lowest BCUT2D eigenvalue weighted by Crippen LogP contribution is -2.26. The molecule has 1 aliphatic heterocycles. The van der Waals surface area contributed by atoms with Crippen molar-refractivity contribution in [2.75, 3.05) is 19.7 Å². The molecule has 1 unspecified atom stereocenters. The second kappa shape index (κ2) is 9.49. The van der Waals surface area contributed by atoms with E-state index >= 15 is 0 Å². The highest BCUT2D eigenvalue weighted by Crippen LogP contribution is 2.38. The van der Waals surface area contributed by atoms with Gasteiger partial charge in [0.1, 0.15) is 12.4 Å². The predicted molar refractivity (Wildman–Crippen MR) is 105 cm³/mol. The molecular weight excluding hydrogens is 418 g/mol. The summed E-state index contributed by atoms with van der Waals surface area (Å²) in [4.78, 5) is 22.3. The van der Waals surface area contributed by atoms with E-state index in [1.165, 1.54) is 18.2 Å². The Balaban J connectivity index is 1.51. The zero-order chi connectivity index (χ0) is 21.7. The Morgan fingerprint density at radius 2 is 1.73 bits per heavy atom. The van der Waals surface area contributed by atoms with Gasteiger partial charge in [0.15, 0.2) is 11.5 Å². The largest absolute Gasteiger partial charge is 0.492 e. The highest BCUT2D eigenvalue weighted by Gasteiger charge is 2.31. The van der Waals surface area contributed by atoms with Crippen LogP contribution in [0.15, 0.2) is 54.0 Å². The van der Waals surface area contributed by atoms with Crippen LogP contribution in [-0.2, 0) is 9.59 Å². The number of hydrogen-bond donors (Lipinski definition) is 4. The van der Waals surface area contributed by atoms with Crippen LogP contribution in [0, 0.1) is 0 Å². The second-order valence-electron chi connectivity index (χ2n) is 6.20. The molecule has 4 N–H and O–H groups in total. The van der Waals surface area contributed by atoms with E-state index in [1.807, 2.05) is 0 Å². The fraction of sp³-hybridized carbons (Fsp3) is 0.200. The van der Waals surface area contributed by atoms with Gasteiger partial charge in [-0.1, -0.05) is 23.7 Å². The van der Waals surface area contributed by atoms with Gasteiger partial charge in [0.05, 0.1) is 6.10 Å². The third-order valence-corrected chi connectivity index (χ3v) is 4.29. The number of hydrogen-bond acceptors (Lipinski definition) is 7. The maximum absolute atomic E-state index is 11.2. The average Bonchev–Trinajstić information content (AvgIpc) is 2.72. The van der Waals surface area contributed by atoms with Gasteiger partial charge in [-0.15, -0.1) is 0 Å². The van der Waals surface area contributed by atoms with Crippen molar-refractivity contribution in [2.24, 2.45) is 0 Å². The van der Waals surface area contributed by atoms with Crippen LogP contribution in [-0.4, -0.2) is 47.0 Å². The Labute approximate surface area is 176 Å². The molecule has 0 bridgehead atoms. The van der Waals surface area contributed by atoms with E-state index in [2.05, 4.69) is 5.32 Å². The van der Waals surface area contributed by atoms with Crippen LogP contribution in [0.3, 0.4) is 0 Å². The average molecular weight is 436 g/mol. The van der Waals surface area contributed by atoms with Gasteiger partial charge >= 0.3 is 11.9 Å². The number of carboxylic acids is 2. The predicted octanol–water partition coefficient (Wildman–Crippen LogP) is 2.19. The third-order valence-electron chi connectivity index (χ3n) is 4.05. The van der Waals surface area contributed by atoms with Crippen LogP contribution in [0.2, 0.25) is 5.02 Å². The summed E-state index contributed by atoms with van der Waals surface area (Å²) in [7, 11) is 0. The van der Waals surface area contributed by atoms with E-state index in [-0.39, 0.29) is 18.1 Å². The molecule has 0 aliphatic carbocycles. The molecule has 9 nitrogen and oxygen atoms in total. The van der Waals surface area contributed by atoms with Crippen LogP contribution in [0.5, 0.6) is 17.2 Å². The first-order valence-electron chi connectivity index (χ1n) is 8.83. The summed E-state index contributed by atoms with van der Waals surface area (Å²) in [5, 5.41) is 31.9. The van der Waals surface area contributed by atoms with Gasteiger partial charge in [0.25, 0.3) is 11.5 Å². The number of benzene rings is 2. The molecule has 30 heavy (non-hydrogen) atoms. The molecule has 158 valence electrons. The Morgan fingerprint density at radius 1 is 1.03 bits per heavy atom. The van der Waals surface area contributed by atoms with Gasteiger partial charge in [-0.3, -0.25) is 0 Å². The lowest BCUT2D eigenvalue weighted by atomic mass is 10.1. The van der Waals surface area contributed by atoms with Gasteiger partial charge in [-0.2, -0.15) is 0 Å². The molecule has 0 fully saturated rings. The topological polar surface area (TPSA) is 135 Å². The third kappa shape index (κ3) is 5.20. The summed E-state index contributed by atoms with van der Waals surface area (Å²) in [6.07, 6.45) is -0.720. The number of aliphatic hydroxyl groups excluding tert-OH is 1. The summed E-state index contributed by atoms with van der Waals surface area (Å²) in [6.45, 7) is 0.981. The molecule has 1 atom stereocenters. The minimum absolute atomic E-state index is 0.0271. The zero-order valence-electron chi connectivity index (χ0n) is 15.5. The molecule has 3 rings (SSSR count). The number of aliphatic hydroxyl groups is 1. The van der Waals surface area contributed by atoms with E-state index in [1.54, 1.807) is 24.3 Å². The van der Waals surface area contributed by atoms with Gasteiger partial charge in [-0.05, 0) is 29.8 Å². The molecule has 1 aliphatic rings. The number of carbonyl (C=O) groups is 2. The number of nitrogens with one attached hydrogen (secondary N) is 1.